The van der Waals surface area contributed by atoms with Gasteiger partial charge in [0.05, 0.1) is 11.9 Å². The van der Waals surface area contributed by atoms with E-state index in [2.05, 4.69) is 26.2 Å². The Morgan fingerprint density at radius 3 is 2.59 bits per heavy atom. The van der Waals surface area contributed by atoms with Gasteiger partial charge in [0.2, 0.25) is 5.91 Å². The minimum Gasteiger partial charge on any atom is -0.441 e. The zero-order valence-electron chi connectivity index (χ0n) is 16.8. The summed E-state index contributed by atoms with van der Waals surface area (Å²) in [4.78, 5) is 29.7. The number of halogens is 2. The summed E-state index contributed by atoms with van der Waals surface area (Å²) in [5.41, 5.74) is 2.17. The molecule has 1 aromatic heterocycles. The quantitative estimate of drug-likeness (QED) is 0.286. The van der Waals surface area contributed by atoms with E-state index in [4.69, 9.17) is 16.0 Å². The molecule has 160 valence electrons. The van der Waals surface area contributed by atoms with Crippen LogP contribution in [0.4, 0.5) is 5.69 Å². The number of amides is 1. The Kier molecular flexibility index (Phi) is 6.83. The molecule has 0 saturated heterocycles. The van der Waals surface area contributed by atoms with E-state index in [9.17, 15) is 9.59 Å². The van der Waals surface area contributed by atoms with Crippen molar-refractivity contribution in [1.82, 2.24) is 4.98 Å². The number of nitrogens with zero attached hydrogens (tertiary/aromatic N) is 1. The lowest BCUT2D eigenvalue weighted by Gasteiger charge is -2.11. The normalized spacial score (nSPS) is 10.7. The summed E-state index contributed by atoms with van der Waals surface area (Å²) in [7, 11) is 0. The Hall–Kier alpha value is -3.22. The van der Waals surface area contributed by atoms with Gasteiger partial charge in [-0.25, -0.2) is 4.98 Å². The third-order valence-corrected chi connectivity index (χ3v) is 5.49. The zero-order chi connectivity index (χ0) is 22.5. The molecule has 32 heavy (non-hydrogen) atoms. The van der Waals surface area contributed by atoms with Crippen LogP contribution >= 0.6 is 27.5 Å². The Labute approximate surface area is 198 Å². The van der Waals surface area contributed by atoms with Gasteiger partial charge >= 0.3 is 0 Å². The standard InChI is InChI=1S/C25H18BrClN2O3/c26-18-8-4-7-17(13-18)22-15-28-24(32-22)12-11-23(30)29-21-10-9-19(27)14-20(21)25(31)16-5-2-1-3-6-16/h1-10,13-15H,11-12H2,(H,29,30). The molecular formula is C25H18BrClN2O3. The number of aryl methyl sites for hydroxylation is 1. The molecule has 3 aromatic carbocycles. The molecule has 7 heteroatoms. The molecule has 0 aliphatic carbocycles. The van der Waals surface area contributed by atoms with E-state index in [1.807, 2.05) is 30.3 Å². The molecule has 0 aliphatic heterocycles. The highest BCUT2D eigenvalue weighted by molar-refractivity contribution is 9.10. The molecular weight excluding hydrogens is 492 g/mol. The highest BCUT2D eigenvalue weighted by Crippen LogP contribution is 2.25. The molecule has 4 aromatic rings. The molecule has 0 atom stereocenters. The number of carbonyl (C=O) groups excluding carboxylic acids is 2. The first-order valence-electron chi connectivity index (χ1n) is 9.89. The molecule has 0 spiro atoms. The van der Waals surface area contributed by atoms with Crippen molar-refractivity contribution >= 4 is 44.9 Å². The van der Waals surface area contributed by atoms with Gasteiger partial charge in [-0.15, -0.1) is 0 Å². The number of anilines is 1. The van der Waals surface area contributed by atoms with Gasteiger partial charge in [-0.1, -0.05) is 70.0 Å². The summed E-state index contributed by atoms with van der Waals surface area (Å²) >= 11 is 9.54. The molecule has 0 radical (unpaired) electrons. The molecule has 0 fully saturated rings. The second kappa shape index (κ2) is 9.94. The Bertz CT molecular complexity index is 1270. The van der Waals surface area contributed by atoms with Crippen LogP contribution in [0.1, 0.15) is 28.2 Å². The summed E-state index contributed by atoms with van der Waals surface area (Å²) in [6, 6.07) is 21.4. The molecule has 0 unspecified atom stereocenters. The van der Waals surface area contributed by atoms with Crippen LogP contribution in [0.25, 0.3) is 11.3 Å². The molecule has 0 bridgehead atoms. The minimum atomic E-state index is -0.253. The number of aromatic nitrogens is 1. The van der Waals surface area contributed by atoms with Gasteiger partial charge in [0.25, 0.3) is 0 Å². The summed E-state index contributed by atoms with van der Waals surface area (Å²) in [5, 5.41) is 3.23. The van der Waals surface area contributed by atoms with E-state index in [0.29, 0.717) is 39.9 Å². The van der Waals surface area contributed by atoms with E-state index in [1.54, 1.807) is 48.7 Å². The van der Waals surface area contributed by atoms with E-state index in [0.717, 1.165) is 10.0 Å². The van der Waals surface area contributed by atoms with Crippen molar-refractivity contribution in [3.63, 3.8) is 0 Å². The van der Waals surface area contributed by atoms with E-state index in [1.165, 1.54) is 0 Å². The van der Waals surface area contributed by atoms with Gasteiger partial charge in [-0.05, 0) is 30.3 Å². The van der Waals surface area contributed by atoms with Crippen LogP contribution in [0.2, 0.25) is 5.02 Å². The first-order valence-corrected chi connectivity index (χ1v) is 11.1. The van der Waals surface area contributed by atoms with Crippen LogP contribution in [0, 0.1) is 0 Å². The lowest BCUT2D eigenvalue weighted by atomic mass is 10.0. The van der Waals surface area contributed by atoms with Crippen molar-refractivity contribution in [3.8, 4) is 11.3 Å². The van der Waals surface area contributed by atoms with Crippen molar-refractivity contribution in [2.45, 2.75) is 12.8 Å². The Balaban J connectivity index is 1.43. The second-order valence-electron chi connectivity index (χ2n) is 7.06. The van der Waals surface area contributed by atoms with Gasteiger partial charge < -0.3 is 9.73 Å². The number of hydrogen-bond donors (Lipinski definition) is 1. The van der Waals surface area contributed by atoms with Crippen LogP contribution in [0.15, 0.2) is 87.9 Å². The third kappa shape index (κ3) is 5.33. The SMILES string of the molecule is O=C(CCc1ncc(-c2cccc(Br)c2)o1)Nc1ccc(Cl)cc1C(=O)c1ccccc1. The maximum atomic E-state index is 12.9. The van der Waals surface area contributed by atoms with Crippen LogP contribution < -0.4 is 5.32 Å². The number of nitrogens with one attached hydrogen (secondary N) is 1. The van der Waals surface area contributed by atoms with Crippen molar-refractivity contribution in [3.05, 3.63) is 106 Å². The molecule has 5 nitrogen and oxygen atoms in total. The number of benzene rings is 3. The summed E-state index contributed by atoms with van der Waals surface area (Å²) in [5.74, 6) is 0.633. The van der Waals surface area contributed by atoms with Crippen molar-refractivity contribution in [2.24, 2.45) is 0 Å². The number of hydrogen-bond acceptors (Lipinski definition) is 4. The predicted molar refractivity (Wildman–Crippen MR) is 128 cm³/mol. The number of oxazole rings is 1. The average molecular weight is 510 g/mol. The van der Waals surface area contributed by atoms with Crippen LogP contribution in [0.5, 0.6) is 0 Å². The van der Waals surface area contributed by atoms with E-state index >= 15 is 0 Å². The number of ketones is 1. The minimum absolute atomic E-state index is 0.153. The van der Waals surface area contributed by atoms with E-state index < -0.39 is 0 Å². The molecule has 0 aliphatic rings. The molecule has 1 N–H and O–H groups in total. The van der Waals surface area contributed by atoms with Crippen LogP contribution in [-0.2, 0) is 11.2 Å². The van der Waals surface area contributed by atoms with E-state index in [-0.39, 0.29) is 18.1 Å². The summed E-state index contributed by atoms with van der Waals surface area (Å²) < 4.78 is 6.72. The van der Waals surface area contributed by atoms with Gasteiger partial charge in [-0.2, -0.15) is 0 Å². The predicted octanol–water partition coefficient (Wildman–Crippen LogP) is 6.56. The second-order valence-corrected chi connectivity index (χ2v) is 8.41. The highest BCUT2D eigenvalue weighted by Gasteiger charge is 2.17. The van der Waals surface area contributed by atoms with Gasteiger partial charge in [0.15, 0.2) is 17.4 Å². The first-order chi connectivity index (χ1) is 15.5. The molecule has 4 rings (SSSR count). The fourth-order valence-electron chi connectivity index (χ4n) is 3.19. The average Bonchev–Trinajstić information content (AvgIpc) is 3.28. The highest BCUT2D eigenvalue weighted by atomic mass is 79.9. The Morgan fingerprint density at radius 2 is 1.81 bits per heavy atom. The number of carbonyl (C=O) groups is 2. The molecule has 0 saturated carbocycles. The molecule has 1 amide bonds. The van der Waals surface area contributed by atoms with Crippen molar-refractivity contribution < 1.29 is 14.0 Å². The van der Waals surface area contributed by atoms with Gasteiger partial charge in [0.1, 0.15) is 0 Å². The van der Waals surface area contributed by atoms with Crippen molar-refractivity contribution in [1.29, 1.82) is 0 Å². The third-order valence-electron chi connectivity index (χ3n) is 4.76. The number of rotatable bonds is 7. The smallest absolute Gasteiger partial charge is 0.224 e. The largest absolute Gasteiger partial charge is 0.441 e. The monoisotopic (exact) mass is 508 g/mol. The van der Waals surface area contributed by atoms with Gasteiger partial charge in [-0.3, -0.25) is 9.59 Å². The summed E-state index contributed by atoms with van der Waals surface area (Å²) in [6.07, 6.45) is 2.13. The maximum absolute atomic E-state index is 12.9. The topological polar surface area (TPSA) is 72.2 Å². The van der Waals surface area contributed by atoms with Crippen molar-refractivity contribution in [2.75, 3.05) is 5.32 Å². The Morgan fingerprint density at radius 1 is 1.00 bits per heavy atom. The lowest BCUT2D eigenvalue weighted by Crippen LogP contribution is -2.15. The fraction of sp³-hybridized carbons (Fsp3) is 0.0800. The lowest BCUT2D eigenvalue weighted by molar-refractivity contribution is -0.116. The van der Waals surface area contributed by atoms with Crippen LogP contribution in [0.3, 0.4) is 0 Å². The maximum Gasteiger partial charge on any atom is 0.224 e. The summed E-state index contributed by atoms with van der Waals surface area (Å²) in [6.45, 7) is 0. The first kappa shape index (κ1) is 22.0. The zero-order valence-corrected chi connectivity index (χ0v) is 19.2. The molecule has 1 heterocycles. The fourth-order valence-corrected chi connectivity index (χ4v) is 3.76. The van der Waals surface area contributed by atoms with Gasteiger partial charge in [0, 0.05) is 39.0 Å². The van der Waals surface area contributed by atoms with Crippen LogP contribution in [-0.4, -0.2) is 16.7 Å².